The van der Waals surface area contributed by atoms with Crippen LogP contribution in [0.1, 0.15) is 55.5 Å². The third-order valence-electron chi connectivity index (χ3n) is 6.92. The number of carbonyl (C=O) groups excluding carboxylic acids is 1. The number of fused-ring (bicyclic) bond motifs is 1. The first-order chi connectivity index (χ1) is 18.3. The molecule has 0 bridgehead atoms. The van der Waals surface area contributed by atoms with Crippen LogP contribution in [0.5, 0.6) is 11.6 Å². The zero-order chi connectivity index (χ0) is 26.9. The molecule has 1 aliphatic carbocycles. The largest absolute Gasteiger partial charge is 0.495 e. The van der Waals surface area contributed by atoms with E-state index in [1.54, 1.807) is 46.2 Å². The SMILES string of the molecule is CNC(=O)c1ccc(Nc2nc(OC3CCCC3)c3c(-c4ccc(C(C)(C)O)cc4)c[nH]c3n2)c(OC)c1. The van der Waals surface area contributed by atoms with Gasteiger partial charge in [0.2, 0.25) is 11.8 Å². The van der Waals surface area contributed by atoms with Crippen molar-refractivity contribution < 1.29 is 19.4 Å². The van der Waals surface area contributed by atoms with Crippen LogP contribution in [0.15, 0.2) is 48.7 Å². The van der Waals surface area contributed by atoms with Crippen molar-refractivity contribution in [2.75, 3.05) is 19.5 Å². The number of aliphatic hydroxyl groups is 1. The predicted molar refractivity (Wildman–Crippen MR) is 147 cm³/mol. The molecular weight excluding hydrogens is 482 g/mol. The number of aromatic nitrogens is 3. The van der Waals surface area contributed by atoms with Crippen molar-refractivity contribution >= 4 is 28.6 Å². The van der Waals surface area contributed by atoms with Crippen LogP contribution in [0.2, 0.25) is 0 Å². The van der Waals surface area contributed by atoms with Crippen LogP contribution in [-0.4, -0.2) is 46.2 Å². The number of rotatable bonds is 8. The molecule has 0 unspecified atom stereocenters. The fourth-order valence-electron chi connectivity index (χ4n) is 4.79. The summed E-state index contributed by atoms with van der Waals surface area (Å²) in [5.41, 5.74) is 3.56. The molecule has 198 valence electrons. The summed E-state index contributed by atoms with van der Waals surface area (Å²) in [6.45, 7) is 3.54. The molecule has 4 N–H and O–H groups in total. The van der Waals surface area contributed by atoms with Gasteiger partial charge in [0.1, 0.15) is 17.5 Å². The Balaban J connectivity index is 1.55. The van der Waals surface area contributed by atoms with Crippen molar-refractivity contribution in [3.63, 3.8) is 0 Å². The molecule has 4 aromatic rings. The summed E-state index contributed by atoms with van der Waals surface area (Å²) in [6.07, 6.45) is 6.26. The Hall–Kier alpha value is -4.11. The van der Waals surface area contributed by atoms with Crippen molar-refractivity contribution in [3.05, 3.63) is 59.8 Å². The lowest BCUT2D eigenvalue weighted by Crippen LogP contribution is -2.17. The smallest absolute Gasteiger partial charge is 0.251 e. The van der Waals surface area contributed by atoms with Crippen LogP contribution < -0.4 is 20.1 Å². The molecule has 5 rings (SSSR count). The van der Waals surface area contributed by atoms with Crippen molar-refractivity contribution in [1.82, 2.24) is 20.3 Å². The molecule has 2 aromatic heterocycles. The minimum atomic E-state index is -0.918. The molecular formula is C29H33N5O4. The molecule has 2 heterocycles. The maximum absolute atomic E-state index is 12.0. The van der Waals surface area contributed by atoms with Crippen molar-refractivity contribution in [1.29, 1.82) is 0 Å². The monoisotopic (exact) mass is 515 g/mol. The normalized spacial score (nSPS) is 14.0. The van der Waals surface area contributed by atoms with Crippen molar-refractivity contribution in [2.45, 2.75) is 51.2 Å². The molecule has 0 spiro atoms. The third kappa shape index (κ3) is 5.15. The molecule has 38 heavy (non-hydrogen) atoms. The van der Waals surface area contributed by atoms with Crippen LogP contribution in [0.3, 0.4) is 0 Å². The second kappa shape index (κ2) is 10.3. The lowest BCUT2D eigenvalue weighted by atomic mass is 9.96. The molecule has 1 fully saturated rings. The van der Waals surface area contributed by atoms with Crippen LogP contribution in [-0.2, 0) is 5.60 Å². The second-order valence-corrected chi connectivity index (χ2v) is 10.1. The number of hydrogen-bond donors (Lipinski definition) is 4. The highest BCUT2D eigenvalue weighted by Gasteiger charge is 2.23. The quantitative estimate of drug-likeness (QED) is 0.252. The van der Waals surface area contributed by atoms with Gasteiger partial charge in [0.05, 0.1) is 23.8 Å². The lowest BCUT2D eigenvalue weighted by Gasteiger charge is -2.18. The summed E-state index contributed by atoms with van der Waals surface area (Å²) in [5, 5.41) is 17.0. The van der Waals surface area contributed by atoms with Crippen molar-refractivity contribution in [3.8, 4) is 22.8 Å². The second-order valence-electron chi connectivity index (χ2n) is 10.1. The number of anilines is 2. The van der Waals surface area contributed by atoms with E-state index in [1.165, 1.54) is 0 Å². The van der Waals surface area contributed by atoms with Crippen LogP contribution >= 0.6 is 0 Å². The van der Waals surface area contributed by atoms with Crippen molar-refractivity contribution in [2.24, 2.45) is 0 Å². The van der Waals surface area contributed by atoms with E-state index < -0.39 is 5.60 Å². The Kier molecular flexibility index (Phi) is 6.94. The number of hydrogen-bond acceptors (Lipinski definition) is 7. The average molecular weight is 516 g/mol. The van der Waals surface area contributed by atoms with Gasteiger partial charge in [-0.15, -0.1) is 0 Å². The number of nitrogens with zero attached hydrogens (tertiary/aromatic N) is 2. The summed E-state index contributed by atoms with van der Waals surface area (Å²) in [4.78, 5) is 24.8. The summed E-state index contributed by atoms with van der Waals surface area (Å²) in [7, 11) is 3.13. The number of carbonyl (C=O) groups is 1. The first kappa shape index (κ1) is 25.5. The first-order valence-corrected chi connectivity index (χ1v) is 12.8. The molecule has 0 aliphatic heterocycles. The maximum atomic E-state index is 12.0. The Morgan fingerprint density at radius 3 is 2.50 bits per heavy atom. The van der Waals surface area contributed by atoms with Crippen LogP contribution in [0, 0.1) is 0 Å². The summed E-state index contributed by atoms with van der Waals surface area (Å²) < 4.78 is 12.0. The fourth-order valence-corrected chi connectivity index (χ4v) is 4.79. The molecule has 0 radical (unpaired) electrons. The lowest BCUT2D eigenvalue weighted by molar-refractivity contribution is 0.0786. The number of amides is 1. The van der Waals surface area contributed by atoms with Gasteiger partial charge in [-0.2, -0.15) is 9.97 Å². The first-order valence-electron chi connectivity index (χ1n) is 12.8. The van der Waals surface area contributed by atoms with E-state index >= 15 is 0 Å². The standard InChI is InChI=1S/C29H33N5O4/c1-29(2,36)19-12-9-17(10-13-19)21-16-31-25-24(21)27(38-20-7-5-6-8-20)34-28(33-25)32-22-14-11-18(26(35)30-3)15-23(22)37-4/h9-16,20,36H,5-8H2,1-4H3,(H,30,35)(H2,31,32,33,34). The summed E-state index contributed by atoms with van der Waals surface area (Å²) >= 11 is 0. The molecule has 9 heteroatoms. The number of ether oxygens (including phenoxy) is 2. The number of H-pyrrole nitrogens is 1. The van der Waals surface area contributed by atoms with Gasteiger partial charge in [0, 0.05) is 24.4 Å². The molecule has 2 aromatic carbocycles. The molecule has 1 aliphatic rings. The predicted octanol–water partition coefficient (Wildman–Crippen LogP) is 5.29. The molecule has 0 saturated heterocycles. The minimum Gasteiger partial charge on any atom is -0.495 e. The van der Waals surface area contributed by atoms with Crippen LogP contribution in [0.4, 0.5) is 11.6 Å². The fraction of sp³-hybridized carbons (Fsp3) is 0.345. The zero-order valence-corrected chi connectivity index (χ0v) is 22.1. The van der Waals surface area contributed by atoms with Gasteiger partial charge in [0.25, 0.3) is 5.91 Å². The highest BCUT2D eigenvalue weighted by atomic mass is 16.5. The van der Waals surface area contributed by atoms with E-state index in [2.05, 4.69) is 15.6 Å². The van der Waals surface area contributed by atoms with Gasteiger partial charge in [0.15, 0.2) is 0 Å². The maximum Gasteiger partial charge on any atom is 0.251 e. The Morgan fingerprint density at radius 1 is 1.11 bits per heavy atom. The number of methoxy groups -OCH3 is 1. The molecule has 9 nitrogen and oxygen atoms in total. The Morgan fingerprint density at radius 2 is 1.84 bits per heavy atom. The van der Waals surface area contributed by atoms with Gasteiger partial charge < -0.3 is 30.2 Å². The highest BCUT2D eigenvalue weighted by molar-refractivity contribution is 5.98. The van der Waals surface area contributed by atoms with E-state index in [4.69, 9.17) is 19.4 Å². The van der Waals surface area contributed by atoms with Gasteiger partial charge in [-0.25, -0.2) is 0 Å². The number of benzene rings is 2. The van der Waals surface area contributed by atoms with Gasteiger partial charge in [-0.1, -0.05) is 24.3 Å². The van der Waals surface area contributed by atoms with Crippen LogP contribution in [0.25, 0.3) is 22.2 Å². The highest BCUT2D eigenvalue weighted by Crippen LogP contribution is 2.38. The number of aromatic amines is 1. The topological polar surface area (TPSA) is 121 Å². The van der Waals surface area contributed by atoms with Gasteiger partial charge in [-0.05, 0) is 68.9 Å². The minimum absolute atomic E-state index is 0.0997. The van der Waals surface area contributed by atoms with E-state index in [0.29, 0.717) is 34.5 Å². The van der Waals surface area contributed by atoms with E-state index in [0.717, 1.165) is 47.8 Å². The van der Waals surface area contributed by atoms with Gasteiger partial charge >= 0.3 is 0 Å². The Bertz CT molecular complexity index is 1450. The summed E-state index contributed by atoms with van der Waals surface area (Å²) in [5.74, 6) is 1.15. The number of nitrogens with one attached hydrogen (secondary N) is 3. The molecule has 0 atom stereocenters. The third-order valence-corrected chi connectivity index (χ3v) is 6.92. The van der Waals surface area contributed by atoms with Gasteiger partial charge in [-0.3, -0.25) is 4.79 Å². The van der Waals surface area contributed by atoms with E-state index in [9.17, 15) is 9.90 Å². The van der Waals surface area contributed by atoms with E-state index in [1.807, 2.05) is 30.5 Å². The average Bonchev–Trinajstić information content (AvgIpc) is 3.58. The summed E-state index contributed by atoms with van der Waals surface area (Å²) in [6, 6.07) is 13.0. The molecule has 1 amide bonds. The van der Waals surface area contributed by atoms with E-state index in [-0.39, 0.29) is 12.0 Å². The molecule has 1 saturated carbocycles. The zero-order valence-electron chi connectivity index (χ0n) is 22.1. The Labute approximate surface area is 221 Å².